The van der Waals surface area contributed by atoms with Crippen LogP contribution in [0.2, 0.25) is 0 Å². The van der Waals surface area contributed by atoms with Crippen LogP contribution in [0, 0.1) is 5.95 Å². The Labute approximate surface area is 221 Å². The number of halogens is 5. The Bertz CT molecular complexity index is 1370. The molecule has 210 valence electrons. The number of aromatic nitrogens is 4. The van der Waals surface area contributed by atoms with Crippen molar-refractivity contribution in [1.82, 2.24) is 19.6 Å². The van der Waals surface area contributed by atoms with Crippen molar-refractivity contribution in [3.8, 4) is 0 Å². The first-order valence-corrected chi connectivity index (χ1v) is 12.0. The van der Waals surface area contributed by atoms with E-state index in [9.17, 15) is 31.9 Å². The fraction of sp³-hybridized carbons (Fsp3) is 0.385. The average molecular weight is 553 g/mol. The number of nitrogens with one attached hydrogen (secondary N) is 1. The van der Waals surface area contributed by atoms with Crippen LogP contribution in [-0.4, -0.2) is 31.1 Å². The minimum absolute atomic E-state index is 0.0830. The summed E-state index contributed by atoms with van der Waals surface area (Å²) in [6.07, 6.45) is 6.72. The van der Waals surface area contributed by atoms with Crippen LogP contribution < -0.4 is 11.1 Å². The van der Waals surface area contributed by atoms with E-state index < -0.39 is 34.8 Å². The summed E-state index contributed by atoms with van der Waals surface area (Å²) in [4.78, 5) is 17.9. The largest absolute Gasteiger partial charge is 0.418 e. The number of nitrogens with zero attached hydrogens (tertiary/aromatic N) is 4. The normalized spacial score (nSPS) is 15.6. The van der Waals surface area contributed by atoms with Gasteiger partial charge in [-0.25, -0.2) is 13.9 Å². The number of hydrogen-bond donors (Lipinski definition) is 3. The maximum absolute atomic E-state index is 13.2. The minimum Gasteiger partial charge on any atom is -0.405 e. The number of rotatable bonds is 4. The van der Waals surface area contributed by atoms with Crippen molar-refractivity contribution in [3.63, 3.8) is 0 Å². The Balaban J connectivity index is 0.000000179. The number of alkyl halides is 3. The van der Waals surface area contributed by atoms with Gasteiger partial charge < -0.3 is 16.2 Å². The monoisotopic (exact) mass is 552 g/mol. The zero-order valence-electron chi connectivity index (χ0n) is 21.4. The van der Waals surface area contributed by atoms with E-state index in [0.29, 0.717) is 5.65 Å². The predicted octanol–water partition coefficient (Wildman–Crippen LogP) is 5.07. The van der Waals surface area contributed by atoms with Crippen LogP contribution in [0.4, 0.5) is 27.6 Å². The molecule has 0 unspecified atom stereocenters. The number of aliphatic hydroxyl groups is 1. The second kappa shape index (κ2) is 11.5. The SMILES string of the molecule is C=C(F)/C=C/N.CC(C)(O)c1ncc(NC=O)cc1C(F)(F)F.Fc1cc2ncc3c(n2n1)C1(CCC1)CC3. The highest BCUT2D eigenvalue weighted by molar-refractivity contribution is 5.71. The number of fused-ring (bicyclic) bond motifs is 4. The van der Waals surface area contributed by atoms with Crippen molar-refractivity contribution >= 4 is 17.7 Å². The molecule has 2 aliphatic carbocycles. The first-order chi connectivity index (χ1) is 18.2. The molecule has 13 heteroatoms. The highest BCUT2D eigenvalue weighted by Gasteiger charge is 2.46. The van der Waals surface area contributed by atoms with E-state index >= 15 is 0 Å². The summed E-state index contributed by atoms with van der Waals surface area (Å²) in [5.41, 5.74) is 4.81. The van der Waals surface area contributed by atoms with Gasteiger partial charge in [-0.15, -0.1) is 5.10 Å². The van der Waals surface area contributed by atoms with Gasteiger partial charge in [-0.2, -0.15) is 17.6 Å². The highest BCUT2D eigenvalue weighted by Crippen LogP contribution is 2.52. The molecule has 39 heavy (non-hydrogen) atoms. The molecule has 1 fully saturated rings. The standard InChI is InChI=1S/C12H12FN3.C10H11F3N2O2.C4H6FN/c13-9-6-10-14-7-8-2-5-12(3-1-4-12)11(8)16(10)15-9;1-9(2,17)8-7(10(11,12)13)3-6(4-14-8)15-5-16;1-4(5)2-3-6/h6-7H,1-5H2;3-5,17H,1-2H3,(H,15,16);2-3H,1,6H2/b;;3-2+. The summed E-state index contributed by atoms with van der Waals surface area (Å²) in [7, 11) is 0. The van der Waals surface area contributed by atoms with Gasteiger partial charge in [0.15, 0.2) is 5.65 Å². The summed E-state index contributed by atoms with van der Waals surface area (Å²) < 4.78 is 64.5. The Hall–Kier alpha value is -3.87. The first kappa shape index (κ1) is 29.7. The van der Waals surface area contributed by atoms with Crippen LogP contribution in [0.25, 0.3) is 5.65 Å². The Kier molecular flexibility index (Phi) is 8.74. The fourth-order valence-electron chi connectivity index (χ4n) is 4.69. The number of aryl methyl sites for hydroxylation is 1. The summed E-state index contributed by atoms with van der Waals surface area (Å²) in [5, 5.41) is 15.6. The van der Waals surface area contributed by atoms with Crippen LogP contribution in [0.15, 0.2) is 49.2 Å². The molecular weight excluding hydrogens is 523 g/mol. The van der Waals surface area contributed by atoms with Crippen LogP contribution in [-0.2, 0) is 28.4 Å². The summed E-state index contributed by atoms with van der Waals surface area (Å²) in [6.45, 7) is 5.32. The number of anilines is 1. The molecule has 1 saturated carbocycles. The lowest BCUT2D eigenvalue weighted by molar-refractivity contribution is -0.140. The molecule has 0 bridgehead atoms. The molecule has 8 nitrogen and oxygen atoms in total. The summed E-state index contributed by atoms with van der Waals surface area (Å²) >= 11 is 0. The van der Waals surface area contributed by atoms with E-state index in [0.717, 1.165) is 31.0 Å². The van der Waals surface area contributed by atoms with E-state index in [1.54, 1.807) is 4.52 Å². The molecule has 0 saturated heterocycles. The molecule has 0 aliphatic heterocycles. The fourth-order valence-corrected chi connectivity index (χ4v) is 4.69. The minimum atomic E-state index is -4.65. The molecule has 5 rings (SSSR count). The van der Waals surface area contributed by atoms with Gasteiger partial charge in [-0.05, 0) is 63.4 Å². The molecule has 2 aliphatic rings. The quantitative estimate of drug-likeness (QED) is 0.236. The average Bonchev–Trinajstić information content (AvgIpc) is 3.38. The number of carbonyl (C=O) groups is 1. The lowest BCUT2D eigenvalue weighted by Crippen LogP contribution is -2.33. The number of nitrogens with two attached hydrogens (primary N) is 1. The molecule has 0 radical (unpaired) electrons. The molecule has 0 atom stereocenters. The maximum atomic E-state index is 13.2. The van der Waals surface area contributed by atoms with Crippen molar-refractivity contribution in [1.29, 1.82) is 0 Å². The smallest absolute Gasteiger partial charge is 0.405 e. The third-order valence-electron chi connectivity index (χ3n) is 6.49. The second-order valence-electron chi connectivity index (χ2n) is 9.75. The summed E-state index contributed by atoms with van der Waals surface area (Å²) in [5.74, 6) is -0.945. The zero-order chi connectivity index (χ0) is 29.0. The third kappa shape index (κ3) is 6.77. The van der Waals surface area contributed by atoms with Gasteiger partial charge in [0.25, 0.3) is 0 Å². The molecular formula is C26H29F5N6O2. The van der Waals surface area contributed by atoms with Crippen LogP contribution in [0.3, 0.4) is 0 Å². The van der Waals surface area contributed by atoms with E-state index in [4.69, 9.17) is 5.73 Å². The Morgan fingerprint density at radius 3 is 2.38 bits per heavy atom. The van der Waals surface area contributed by atoms with Gasteiger partial charge in [0.2, 0.25) is 12.4 Å². The molecule has 3 aromatic heterocycles. The molecule has 1 amide bonds. The third-order valence-corrected chi connectivity index (χ3v) is 6.49. The molecule has 4 N–H and O–H groups in total. The van der Waals surface area contributed by atoms with Crippen molar-refractivity contribution in [2.75, 3.05) is 5.32 Å². The van der Waals surface area contributed by atoms with Gasteiger partial charge >= 0.3 is 6.18 Å². The number of amides is 1. The molecule has 1 spiro atoms. The van der Waals surface area contributed by atoms with E-state index in [1.165, 1.54) is 56.9 Å². The molecule has 3 aromatic rings. The van der Waals surface area contributed by atoms with Crippen molar-refractivity contribution in [3.05, 3.63) is 77.7 Å². The second-order valence-corrected chi connectivity index (χ2v) is 9.75. The van der Waals surface area contributed by atoms with Gasteiger partial charge in [0.05, 0.1) is 28.8 Å². The number of carbonyl (C=O) groups excluding carboxylic acids is 1. The van der Waals surface area contributed by atoms with Gasteiger partial charge in [0, 0.05) is 17.7 Å². The zero-order valence-corrected chi connectivity index (χ0v) is 21.4. The Morgan fingerprint density at radius 1 is 1.21 bits per heavy atom. The number of pyridine rings is 1. The molecule has 0 aromatic carbocycles. The van der Waals surface area contributed by atoms with Crippen LogP contribution >= 0.6 is 0 Å². The number of hydrogen-bond acceptors (Lipinski definition) is 6. The first-order valence-electron chi connectivity index (χ1n) is 12.0. The maximum Gasteiger partial charge on any atom is 0.418 e. The van der Waals surface area contributed by atoms with E-state index in [1.807, 2.05) is 6.20 Å². The lowest BCUT2D eigenvalue weighted by atomic mass is 9.67. The lowest BCUT2D eigenvalue weighted by Gasteiger charge is -2.38. The van der Waals surface area contributed by atoms with Crippen molar-refractivity contribution in [2.24, 2.45) is 5.73 Å². The van der Waals surface area contributed by atoms with Gasteiger partial charge in [-0.1, -0.05) is 13.0 Å². The van der Waals surface area contributed by atoms with E-state index in [-0.39, 0.29) is 17.5 Å². The highest BCUT2D eigenvalue weighted by atomic mass is 19.4. The Morgan fingerprint density at radius 2 is 1.90 bits per heavy atom. The van der Waals surface area contributed by atoms with E-state index in [2.05, 4.69) is 27.0 Å². The van der Waals surface area contributed by atoms with Gasteiger partial charge in [0.1, 0.15) is 11.4 Å². The van der Waals surface area contributed by atoms with Gasteiger partial charge in [-0.3, -0.25) is 9.78 Å². The van der Waals surface area contributed by atoms with Crippen molar-refractivity contribution < 1.29 is 31.9 Å². The summed E-state index contributed by atoms with van der Waals surface area (Å²) in [6, 6.07) is 2.14. The number of allylic oxidation sites excluding steroid dienone is 2. The van der Waals surface area contributed by atoms with Crippen LogP contribution in [0.1, 0.15) is 62.0 Å². The topological polar surface area (TPSA) is 118 Å². The van der Waals surface area contributed by atoms with Crippen LogP contribution in [0.5, 0.6) is 0 Å². The van der Waals surface area contributed by atoms with Crippen molar-refractivity contribution in [2.45, 2.75) is 63.1 Å². The molecule has 3 heterocycles. The predicted molar refractivity (Wildman–Crippen MR) is 135 cm³/mol.